The van der Waals surface area contributed by atoms with E-state index >= 15 is 0 Å². The summed E-state index contributed by atoms with van der Waals surface area (Å²) < 4.78 is 3.63. The maximum atomic E-state index is 5.74. The van der Waals surface area contributed by atoms with Crippen LogP contribution in [-0.2, 0) is 0 Å². The lowest BCUT2D eigenvalue weighted by atomic mass is 10.3. The number of nitrogen functional groups attached to an aromatic ring is 1. The molecule has 0 aliphatic rings. The smallest absolute Gasteiger partial charge is 0.214 e. The molecule has 0 bridgehead atoms. The van der Waals surface area contributed by atoms with Crippen molar-refractivity contribution < 1.29 is 0 Å². The highest BCUT2D eigenvalue weighted by molar-refractivity contribution is 7.71. The Hall–Kier alpha value is -1.63. The molecule has 3 N–H and O–H groups in total. The number of aromatic amines is 1. The lowest BCUT2D eigenvalue weighted by Gasteiger charge is -2.06. The molecule has 0 aliphatic carbocycles. The van der Waals surface area contributed by atoms with Crippen molar-refractivity contribution in [3.05, 3.63) is 16.5 Å². The molecule has 0 saturated heterocycles. The Morgan fingerprint density at radius 3 is 2.62 bits per heavy atom. The van der Waals surface area contributed by atoms with E-state index in [4.69, 9.17) is 18.1 Å². The van der Waals surface area contributed by atoms with Crippen molar-refractivity contribution in [3.8, 4) is 11.5 Å². The predicted octanol–water partition coefficient (Wildman–Crippen LogP) is 1.41. The molecule has 0 saturated carbocycles. The number of hydrogen-bond acceptors (Lipinski definition) is 4. The van der Waals surface area contributed by atoms with Gasteiger partial charge in [0, 0.05) is 11.7 Å². The van der Waals surface area contributed by atoms with Crippen LogP contribution >= 0.6 is 12.2 Å². The Bertz CT molecular complexity index is 561. The Kier molecular flexibility index (Phi) is 2.55. The SMILES string of the molecule is Cc1cc(-c2n[nH]c(=S)n2N)nn1C(C)C. The number of aromatic nitrogens is 5. The van der Waals surface area contributed by atoms with Crippen molar-refractivity contribution in [2.24, 2.45) is 0 Å². The van der Waals surface area contributed by atoms with Gasteiger partial charge in [-0.05, 0) is 39.1 Å². The first-order valence-corrected chi connectivity index (χ1v) is 5.40. The Morgan fingerprint density at radius 2 is 2.19 bits per heavy atom. The van der Waals surface area contributed by atoms with Crippen LogP contribution in [0.3, 0.4) is 0 Å². The molecule has 0 aliphatic heterocycles. The summed E-state index contributed by atoms with van der Waals surface area (Å²) in [5.74, 6) is 6.29. The summed E-state index contributed by atoms with van der Waals surface area (Å²) in [6, 6.07) is 2.25. The summed E-state index contributed by atoms with van der Waals surface area (Å²) in [5.41, 5.74) is 1.79. The van der Waals surface area contributed by atoms with E-state index in [9.17, 15) is 0 Å². The van der Waals surface area contributed by atoms with Gasteiger partial charge in [0.25, 0.3) is 0 Å². The van der Waals surface area contributed by atoms with Gasteiger partial charge in [0.2, 0.25) is 10.6 Å². The highest BCUT2D eigenvalue weighted by Gasteiger charge is 2.13. The minimum atomic E-state index is 0.307. The van der Waals surface area contributed by atoms with Gasteiger partial charge < -0.3 is 5.84 Å². The van der Waals surface area contributed by atoms with Crippen LogP contribution in [0.25, 0.3) is 11.5 Å². The average Bonchev–Trinajstić information content (AvgIpc) is 2.73. The summed E-state index contributed by atoms with van der Waals surface area (Å²) in [7, 11) is 0. The molecule has 0 aromatic carbocycles. The van der Waals surface area contributed by atoms with E-state index in [0.717, 1.165) is 11.4 Å². The second kappa shape index (κ2) is 3.75. The van der Waals surface area contributed by atoms with Gasteiger partial charge in [-0.15, -0.1) is 0 Å². The third kappa shape index (κ3) is 1.63. The summed E-state index contributed by atoms with van der Waals surface area (Å²) in [4.78, 5) is 0. The van der Waals surface area contributed by atoms with Crippen LogP contribution in [-0.4, -0.2) is 24.7 Å². The van der Waals surface area contributed by atoms with E-state index in [1.165, 1.54) is 4.68 Å². The normalized spacial score (nSPS) is 11.2. The highest BCUT2D eigenvalue weighted by Crippen LogP contribution is 2.17. The van der Waals surface area contributed by atoms with Crippen molar-refractivity contribution in [2.45, 2.75) is 26.8 Å². The minimum Gasteiger partial charge on any atom is -0.335 e. The molecule has 7 heteroatoms. The zero-order chi connectivity index (χ0) is 11.9. The topological polar surface area (TPSA) is 77.4 Å². The fraction of sp³-hybridized carbons (Fsp3) is 0.444. The summed E-state index contributed by atoms with van der Waals surface area (Å²) in [5, 5.41) is 11.1. The van der Waals surface area contributed by atoms with Gasteiger partial charge in [-0.3, -0.25) is 4.68 Å². The van der Waals surface area contributed by atoms with Crippen LogP contribution in [0.5, 0.6) is 0 Å². The summed E-state index contributed by atoms with van der Waals surface area (Å²) >= 11 is 4.95. The van der Waals surface area contributed by atoms with Gasteiger partial charge in [-0.2, -0.15) is 10.2 Å². The molecule has 0 unspecified atom stereocenters. The number of nitrogens with one attached hydrogen (secondary N) is 1. The minimum absolute atomic E-state index is 0.307. The molecule has 0 atom stereocenters. The van der Waals surface area contributed by atoms with Crippen LogP contribution in [0.15, 0.2) is 6.07 Å². The van der Waals surface area contributed by atoms with Crippen molar-refractivity contribution in [1.82, 2.24) is 24.7 Å². The lowest BCUT2D eigenvalue weighted by Crippen LogP contribution is -2.10. The Morgan fingerprint density at radius 1 is 1.50 bits per heavy atom. The summed E-state index contributed by atoms with van der Waals surface area (Å²) in [6.45, 7) is 6.14. The second-order valence-corrected chi connectivity index (χ2v) is 4.32. The van der Waals surface area contributed by atoms with Gasteiger partial charge in [0.15, 0.2) is 0 Å². The third-order valence-electron chi connectivity index (χ3n) is 2.35. The predicted molar refractivity (Wildman–Crippen MR) is 63.9 cm³/mol. The van der Waals surface area contributed by atoms with Crippen LogP contribution in [0.4, 0.5) is 0 Å². The Labute approximate surface area is 98.1 Å². The number of rotatable bonds is 2. The van der Waals surface area contributed by atoms with Crippen molar-refractivity contribution >= 4 is 12.2 Å². The number of hydrogen-bond donors (Lipinski definition) is 2. The lowest BCUT2D eigenvalue weighted by molar-refractivity contribution is 0.520. The van der Waals surface area contributed by atoms with Crippen molar-refractivity contribution in [3.63, 3.8) is 0 Å². The van der Waals surface area contributed by atoms with E-state index < -0.39 is 0 Å². The largest absolute Gasteiger partial charge is 0.335 e. The first kappa shape index (κ1) is 10.9. The van der Waals surface area contributed by atoms with E-state index in [2.05, 4.69) is 29.1 Å². The first-order valence-electron chi connectivity index (χ1n) is 4.99. The highest BCUT2D eigenvalue weighted by atomic mass is 32.1. The zero-order valence-corrected chi connectivity index (χ0v) is 10.2. The van der Waals surface area contributed by atoms with Gasteiger partial charge >= 0.3 is 0 Å². The van der Waals surface area contributed by atoms with Gasteiger partial charge in [-0.1, -0.05) is 0 Å². The van der Waals surface area contributed by atoms with Gasteiger partial charge in [-0.25, -0.2) is 9.77 Å². The number of aryl methyl sites for hydroxylation is 1. The molecule has 0 spiro atoms. The number of nitrogens with zero attached hydrogens (tertiary/aromatic N) is 4. The molecule has 0 amide bonds. The maximum Gasteiger partial charge on any atom is 0.214 e. The second-order valence-electron chi connectivity index (χ2n) is 3.93. The standard InChI is InChI=1S/C9H14N6S/c1-5(2)15-6(3)4-7(13-15)8-11-12-9(16)14(8)10/h4-5H,10H2,1-3H3,(H,12,16). The van der Waals surface area contributed by atoms with E-state index in [-0.39, 0.29) is 0 Å². The van der Waals surface area contributed by atoms with E-state index in [1.54, 1.807) is 0 Å². The molecule has 0 radical (unpaired) electrons. The molecule has 86 valence electrons. The monoisotopic (exact) mass is 238 g/mol. The maximum absolute atomic E-state index is 5.74. The molecule has 2 aromatic heterocycles. The van der Waals surface area contributed by atoms with E-state index in [0.29, 0.717) is 16.6 Å². The molecule has 16 heavy (non-hydrogen) atoms. The fourth-order valence-electron chi connectivity index (χ4n) is 1.61. The number of nitrogens with two attached hydrogens (primary N) is 1. The molecule has 0 fully saturated rings. The van der Waals surface area contributed by atoms with Crippen LogP contribution in [0, 0.1) is 11.7 Å². The van der Waals surface area contributed by atoms with Crippen molar-refractivity contribution in [1.29, 1.82) is 0 Å². The molecular weight excluding hydrogens is 224 g/mol. The quantitative estimate of drug-likeness (QED) is 0.612. The average molecular weight is 238 g/mol. The van der Waals surface area contributed by atoms with Crippen LogP contribution in [0.2, 0.25) is 0 Å². The Balaban J connectivity index is 2.53. The van der Waals surface area contributed by atoms with E-state index in [1.807, 2.05) is 17.7 Å². The van der Waals surface area contributed by atoms with Crippen LogP contribution in [0.1, 0.15) is 25.6 Å². The van der Waals surface area contributed by atoms with Crippen molar-refractivity contribution in [2.75, 3.05) is 5.84 Å². The molecular formula is C9H14N6S. The van der Waals surface area contributed by atoms with Gasteiger partial charge in [0.05, 0.1) is 0 Å². The number of H-pyrrole nitrogens is 1. The molecule has 6 nitrogen and oxygen atoms in total. The molecule has 2 aromatic rings. The first-order chi connectivity index (χ1) is 7.50. The summed E-state index contributed by atoms with van der Waals surface area (Å²) in [6.07, 6.45) is 0. The molecule has 2 heterocycles. The van der Waals surface area contributed by atoms with Gasteiger partial charge in [0.1, 0.15) is 5.69 Å². The fourth-order valence-corrected chi connectivity index (χ4v) is 1.74. The third-order valence-corrected chi connectivity index (χ3v) is 2.63. The zero-order valence-electron chi connectivity index (χ0n) is 9.43. The van der Waals surface area contributed by atoms with Crippen LogP contribution < -0.4 is 5.84 Å². The molecule has 2 rings (SSSR count).